The van der Waals surface area contributed by atoms with Gasteiger partial charge in [0.1, 0.15) is 0 Å². The molecule has 0 N–H and O–H groups in total. The molecule has 0 amide bonds. The van der Waals surface area contributed by atoms with Crippen molar-refractivity contribution in [1.29, 1.82) is 0 Å². The molecule has 0 nitrogen and oxygen atoms in total. The van der Waals surface area contributed by atoms with Gasteiger partial charge in [-0.1, -0.05) is 32.5 Å². The van der Waals surface area contributed by atoms with Crippen molar-refractivity contribution < 1.29 is 98.1 Å². The minimum Gasteiger partial charge on any atom is -0.0887 e. The Hall–Kier alpha value is 3.38. The summed E-state index contributed by atoms with van der Waals surface area (Å²) in [6.45, 7) is 2.18. The third kappa shape index (κ3) is 24.6. The van der Waals surface area contributed by atoms with Gasteiger partial charge in [0.2, 0.25) is 0 Å². The zero-order valence-electron chi connectivity index (χ0n) is 6.14. The number of rotatable bonds is 3. The molecule has 0 heterocycles. The number of hydrogen-bond acceptors (Lipinski definition) is 0. The molecule has 0 aliphatic carbocycles. The molecule has 5 radical (unpaired) electrons. The van der Waals surface area contributed by atoms with E-state index < -0.39 is 0 Å². The van der Waals surface area contributed by atoms with Crippen LogP contribution in [-0.2, 0) is 98.1 Å². The predicted octanol–water partition coefficient (Wildman–Crippen LogP) is 1.76. The van der Waals surface area contributed by atoms with Gasteiger partial charge < -0.3 is 0 Å². The molecule has 0 aliphatic heterocycles. The van der Waals surface area contributed by atoms with E-state index in [1.54, 1.807) is 0 Å². The first kappa shape index (κ1) is 22.8. The normalized spacial score (nSPS) is 5.89. The second-order valence-corrected chi connectivity index (χ2v) is 1.50. The Kier molecular flexibility index (Phi) is 57.1. The molecule has 0 aromatic rings. The maximum atomic E-state index is 5.21. The number of hydrogen-bond donors (Lipinski definition) is 0. The minimum absolute atomic E-state index is 0. The van der Waals surface area contributed by atoms with Crippen molar-refractivity contribution in [1.82, 2.24) is 0 Å². The first-order valence-electron chi connectivity index (χ1n) is 2.62. The zero-order valence-corrected chi connectivity index (χ0v) is 14.7. The molecule has 0 bridgehead atoms. The van der Waals surface area contributed by atoms with Gasteiger partial charge in [0.25, 0.3) is 0 Å². The van der Waals surface area contributed by atoms with Crippen molar-refractivity contribution >= 4 is 7.85 Å². The second-order valence-electron chi connectivity index (χ2n) is 1.50. The van der Waals surface area contributed by atoms with Crippen molar-refractivity contribution in [3.63, 3.8) is 0 Å². The molecule has 0 saturated heterocycles. The Morgan fingerprint density at radius 3 is 1.56 bits per heavy atom. The summed E-state index contributed by atoms with van der Waals surface area (Å²) in [7, 11) is 5.21. The molecular weight excluding hydrogens is 338 g/mol. The summed E-state index contributed by atoms with van der Waals surface area (Å²) < 4.78 is 0. The Morgan fingerprint density at radius 2 is 1.44 bits per heavy atom. The topological polar surface area (TPSA) is 0 Å². The number of unbranched alkanes of at least 4 members (excludes halogenated alkanes) is 2. The van der Waals surface area contributed by atoms with E-state index >= 15 is 0 Å². The van der Waals surface area contributed by atoms with Crippen LogP contribution in [0.3, 0.4) is 0 Å². The van der Waals surface area contributed by atoms with E-state index in [-0.39, 0.29) is 98.1 Å². The van der Waals surface area contributed by atoms with Gasteiger partial charge >= 0.3 is 0 Å². The van der Waals surface area contributed by atoms with Crippen LogP contribution >= 0.6 is 0 Å². The SMILES string of the molecule is [B]CCCCC.[Y].[Y].[Y]. The molecule has 0 unspecified atom stereocenters. The third-order valence-electron chi connectivity index (χ3n) is 0.808. The molecule has 0 rings (SSSR count). The second kappa shape index (κ2) is 22.5. The van der Waals surface area contributed by atoms with Gasteiger partial charge in [0.05, 0.1) is 7.85 Å². The molecule has 9 heavy (non-hydrogen) atoms. The molecule has 0 aliphatic rings. The van der Waals surface area contributed by atoms with E-state index in [1.165, 1.54) is 19.3 Å². The van der Waals surface area contributed by atoms with Crippen LogP contribution in [0.1, 0.15) is 26.2 Å². The largest absolute Gasteiger partial charge is 0.0887 e. The first-order valence-corrected chi connectivity index (χ1v) is 2.62. The fraction of sp³-hybridized carbons (Fsp3) is 1.00. The monoisotopic (exact) mass is 349 g/mol. The van der Waals surface area contributed by atoms with E-state index in [9.17, 15) is 0 Å². The molecule has 43 valence electrons. The van der Waals surface area contributed by atoms with E-state index in [0.717, 1.165) is 6.32 Å². The van der Waals surface area contributed by atoms with Crippen molar-refractivity contribution in [2.45, 2.75) is 32.5 Å². The summed E-state index contributed by atoms with van der Waals surface area (Å²) >= 11 is 0. The zero-order chi connectivity index (χ0) is 4.83. The van der Waals surface area contributed by atoms with Crippen LogP contribution < -0.4 is 0 Å². The van der Waals surface area contributed by atoms with Crippen molar-refractivity contribution in [3.05, 3.63) is 0 Å². The molecule has 0 atom stereocenters. The fourth-order valence-electron chi connectivity index (χ4n) is 0.394. The van der Waals surface area contributed by atoms with Crippen LogP contribution in [0.4, 0.5) is 0 Å². The Morgan fingerprint density at radius 1 is 1.00 bits per heavy atom. The van der Waals surface area contributed by atoms with Crippen LogP contribution in [-0.4, -0.2) is 7.85 Å². The average molecular weight is 349 g/mol. The van der Waals surface area contributed by atoms with E-state index in [2.05, 4.69) is 6.92 Å². The summed E-state index contributed by atoms with van der Waals surface area (Å²) in [5.74, 6) is 0. The minimum atomic E-state index is 0. The average Bonchev–Trinajstić information content (AvgIpc) is 1.61. The Balaban J connectivity index is -0.0000000417. The third-order valence-corrected chi connectivity index (χ3v) is 0.808. The van der Waals surface area contributed by atoms with Crippen molar-refractivity contribution in [2.24, 2.45) is 0 Å². The van der Waals surface area contributed by atoms with Crippen LogP contribution in [0.15, 0.2) is 0 Å². The van der Waals surface area contributed by atoms with Crippen LogP contribution in [0.5, 0.6) is 0 Å². The summed E-state index contributed by atoms with van der Waals surface area (Å²) in [6.07, 6.45) is 4.61. The van der Waals surface area contributed by atoms with Gasteiger partial charge in [-0.05, 0) is 0 Å². The molecule has 0 aromatic heterocycles. The van der Waals surface area contributed by atoms with Gasteiger partial charge in [-0.25, -0.2) is 0 Å². The Bertz CT molecular complexity index is 24.2. The maximum Gasteiger partial charge on any atom is 0.0653 e. The maximum absolute atomic E-state index is 5.21. The predicted molar refractivity (Wildman–Crippen MR) is 30.1 cm³/mol. The molecule has 4 heteroatoms. The Labute approximate surface area is 136 Å². The summed E-state index contributed by atoms with van der Waals surface area (Å²) in [5, 5.41) is 0. The van der Waals surface area contributed by atoms with Crippen LogP contribution in [0, 0.1) is 0 Å². The smallest absolute Gasteiger partial charge is 0.0653 e. The molecule has 0 aromatic carbocycles. The van der Waals surface area contributed by atoms with Crippen molar-refractivity contribution in [2.75, 3.05) is 0 Å². The standard InChI is InChI=1S/C5H11B.3Y/c1-2-3-4-5-6;;;/h2-5H2,1H3;;;. The molecular formula is C5H11BY3. The molecule has 0 spiro atoms. The molecule has 0 fully saturated rings. The van der Waals surface area contributed by atoms with E-state index in [4.69, 9.17) is 7.85 Å². The summed E-state index contributed by atoms with van der Waals surface area (Å²) in [5.41, 5.74) is 0. The summed E-state index contributed by atoms with van der Waals surface area (Å²) in [4.78, 5) is 0. The summed E-state index contributed by atoms with van der Waals surface area (Å²) in [6, 6.07) is 0. The van der Waals surface area contributed by atoms with Gasteiger partial charge in [0, 0.05) is 98.1 Å². The molecule has 0 saturated carbocycles. The van der Waals surface area contributed by atoms with Gasteiger partial charge in [-0.3, -0.25) is 0 Å². The van der Waals surface area contributed by atoms with Gasteiger partial charge in [0.15, 0.2) is 0 Å². The van der Waals surface area contributed by atoms with E-state index in [0.29, 0.717) is 0 Å². The van der Waals surface area contributed by atoms with Crippen LogP contribution in [0.2, 0.25) is 6.32 Å². The van der Waals surface area contributed by atoms with Gasteiger partial charge in [-0.2, -0.15) is 0 Å². The van der Waals surface area contributed by atoms with Crippen molar-refractivity contribution in [3.8, 4) is 0 Å². The fourth-order valence-corrected chi connectivity index (χ4v) is 0.394. The quantitative estimate of drug-likeness (QED) is 0.538. The van der Waals surface area contributed by atoms with Gasteiger partial charge in [-0.15, -0.1) is 0 Å². The first-order chi connectivity index (χ1) is 2.91. The van der Waals surface area contributed by atoms with Crippen LogP contribution in [0.25, 0.3) is 0 Å². The van der Waals surface area contributed by atoms with E-state index in [1.807, 2.05) is 0 Å².